The molecule has 0 aliphatic heterocycles. The van der Waals surface area contributed by atoms with Crippen molar-refractivity contribution < 1.29 is 0 Å². The molecule has 0 aliphatic carbocycles. The molecule has 0 bridgehead atoms. The van der Waals surface area contributed by atoms with E-state index in [1.54, 1.807) is 11.8 Å². The molecule has 0 aliphatic rings. The van der Waals surface area contributed by atoms with Crippen LogP contribution in [0.25, 0.3) is 0 Å². The number of hydrogen-bond donors (Lipinski definition) is 1. The summed E-state index contributed by atoms with van der Waals surface area (Å²) in [5.41, 5.74) is 6.38. The summed E-state index contributed by atoms with van der Waals surface area (Å²) in [6.07, 6.45) is 5.95. The van der Waals surface area contributed by atoms with Gasteiger partial charge in [0.2, 0.25) is 0 Å². The van der Waals surface area contributed by atoms with Gasteiger partial charge in [-0.2, -0.15) is 0 Å². The van der Waals surface area contributed by atoms with E-state index in [-0.39, 0.29) is 0 Å². The standard InChI is InChI=1S/C10H10BrNS/c1-2-3-6-13-10-5-4-8(12)7-9(10)11/h1,4-5,7H,3,6,12H2. The summed E-state index contributed by atoms with van der Waals surface area (Å²) in [6.45, 7) is 0. The molecule has 2 N–H and O–H groups in total. The summed E-state index contributed by atoms with van der Waals surface area (Å²) >= 11 is 5.18. The van der Waals surface area contributed by atoms with E-state index in [0.717, 1.165) is 22.3 Å². The van der Waals surface area contributed by atoms with Crippen LogP contribution in [0.15, 0.2) is 27.6 Å². The number of nitrogens with two attached hydrogens (primary N) is 1. The van der Waals surface area contributed by atoms with Crippen LogP contribution in [0.2, 0.25) is 0 Å². The molecule has 0 amide bonds. The number of hydrogen-bond acceptors (Lipinski definition) is 2. The number of thioether (sulfide) groups is 1. The summed E-state index contributed by atoms with van der Waals surface area (Å²) in [5.74, 6) is 3.55. The van der Waals surface area contributed by atoms with Crippen molar-refractivity contribution in [1.82, 2.24) is 0 Å². The van der Waals surface area contributed by atoms with Gasteiger partial charge in [0.15, 0.2) is 0 Å². The molecule has 1 aromatic rings. The number of benzene rings is 1. The van der Waals surface area contributed by atoms with Crippen LogP contribution >= 0.6 is 27.7 Å². The van der Waals surface area contributed by atoms with Crippen molar-refractivity contribution in [1.29, 1.82) is 0 Å². The van der Waals surface area contributed by atoms with Gasteiger partial charge in [0, 0.05) is 27.2 Å². The Morgan fingerprint density at radius 1 is 1.54 bits per heavy atom. The summed E-state index contributed by atoms with van der Waals surface area (Å²) in [5, 5.41) is 0. The van der Waals surface area contributed by atoms with E-state index < -0.39 is 0 Å². The Bertz CT molecular complexity index is 330. The van der Waals surface area contributed by atoms with Crippen LogP contribution in [0.5, 0.6) is 0 Å². The number of halogens is 1. The summed E-state index contributed by atoms with van der Waals surface area (Å²) < 4.78 is 1.04. The van der Waals surface area contributed by atoms with E-state index in [9.17, 15) is 0 Å². The molecule has 0 radical (unpaired) electrons. The smallest absolute Gasteiger partial charge is 0.0331 e. The van der Waals surface area contributed by atoms with Gasteiger partial charge in [-0.3, -0.25) is 0 Å². The fourth-order valence-electron chi connectivity index (χ4n) is 0.854. The van der Waals surface area contributed by atoms with Crippen molar-refractivity contribution in [3.63, 3.8) is 0 Å². The molecule has 1 aromatic carbocycles. The normalized spacial score (nSPS) is 9.54. The second-order valence-electron chi connectivity index (χ2n) is 2.49. The van der Waals surface area contributed by atoms with Crippen molar-refractivity contribution in [3.8, 4) is 12.3 Å². The monoisotopic (exact) mass is 255 g/mol. The molecular weight excluding hydrogens is 246 g/mol. The van der Waals surface area contributed by atoms with Crippen LogP contribution in [0, 0.1) is 12.3 Å². The Hall–Kier alpha value is -0.590. The summed E-state index contributed by atoms with van der Waals surface area (Å²) in [6, 6.07) is 5.79. The molecular formula is C10H10BrNS. The Kier molecular flexibility index (Phi) is 4.20. The lowest BCUT2D eigenvalue weighted by molar-refractivity contribution is 1.28. The highest BCUT2D eigenvalue weighted by Crippen LogP contribution is 2.29. The molecule has 0 fully saturated rings. The lowest BCUT2D eigenvalue weighted by atomic mass is 10.3. The van der Waals surface area contributed by atoms with Crippen LogP contribution in [0.1, 0.15) is 6.42 Å². The molecule has 0 aromatic heterocycles. The van der Waals surface area contributed by atoms with Gasteiger partial charge in [0.05, 0.1) is 0 Å². The first-order chi connectivity index (χ1) is 6.24. The third kappa shape index (κ3) is 3.33. The second-order valence-corrected chi connectivity index (χ2v) is 4.48. The Morgan fingerprint density at radius 3 is 2.92 bits per heavy atom. The molecule has 0 saturated carbocycles. The molecule has 68 valence electrons. The minimum absolute atomic E-state index is 0.771. The van der Waals surface area contributed by atoms with Crippen LogP contribution in [-0.2, 0) is 0 Å². The highest BCUT2D eigenvalue weighted by molar-refractivity contribution is 9.10. The number of rotatable bonds is 3. The lowest BCUT2D eigenvalue weighted by Crippen LogP contribution is -1.85. The average Bonchev–Trinajstić information content (AvgIpc) is 2.09. The van der Waals surface area contributed by atoms with Gasteiger partial charge in [-0.1, -0.05) is 0 Å². The van der Waals surface area contributed by atoms with Crippen LogP contribution < -0.4 is 5.73 Å². The maximum Gasteiger partial charge on any atom is 0.0331 e. The Labute approximate surface area is 91.2 Å². The van der Waals surface area contributed by atoms with Crippen molar-refractivity contribution >= 4 is 33.4 Å². The highest BCUT2D eigenvalue weighted by atomic mass is 79.9. The third-order valence-corrected chi connectivity index (χ3v) is 3.45. The van der Waals surface area contributed by atoms with Crippen LogP contribution in [0.4, 0.5) is 5.69 Å². The van der Waals surface area contributed by atoms with E-state index in [2.05, 4.69) is 21.9 Å². The van der Waals surface area contributed by atoms with Gasteiger partial charge in [-0.05, 0) is 34.1 Å². The highest BCUT2D eigenvalue weighted by Gasteiger charge is 1.99. The van der Waals surface area contributed by atoms with Crippen LogP contribution in [0.3, 0.4) is 0 Å². The Balaban J connectivity index is 2.62. The average molecular weight is 256 g/mol. The van der Waals surface area contributed by atoms with Crippen molar-refractivity contribution in [2.75, 3.05) is 11.5 Å². The zero-order valence-corrected chi connectivity index (χ0v) is 9.49. The number of anilines is 1. The Morgan fingerprint density at radius 2 is 2.31 bits per heavy atom. The van der Waals surface area contributed by atoms with E-state index in [1.807, 2.05) is 18.2 Å². The van der Waals surface area contributed by atoms with E-state index >= 15 is 0 Å². The molecule has 0 saturated heterocycles. The van der Waals surface area contributed by atoms with Crippen LogP contribution in [-0.4, -0.2) is 5.75 Å². The fraction of sp³-hybridized carbons (Fsp3) is 0.200. The maximum atomic E-state index is 5.61. The predicted octanol–water partition coefficient (Wildman–Crippen LogP) is 3.15. The largest absolute Gasteiger partial charge is 0.399 e. The molecule has 3 heteroatoms. The predicted molar refractivity (Wildman–Crippen MR) is 62.7 cm³/mol. The molecule has 13 heavy (non-hydrogen) atoms. The summed E-state index contributed by atoms with van der Waals surface area (Å²) in [7, 11) is 0. The lowest BCUT2D eigenvalue weighted by Gasteiger charge is -2.03. The third-order valence-electron chi connectivity index (χ3n) is 1.46. The van der Waals surface area contributed by atoms with Crippen molar-refractivity contribution in [2.24, 2.45) is 0 Å². The van der Waals surface area contributed by atoms with Crippen molar-refractivity contribution in [3.05, 3.63) is 22.7 Å². The molecule has 1 rings (SSSR count). The molecule has 0 spiro atoms. The number of nitrogen functional groups attached to an aromatic ring is 1. The molecule has 0 atom stereocenters. The second kappa shape index (κ2) is 5.21. The van der Waals surface area contributed by atoms with Gasteiger partial charge in [0.25, 0.3) is 0 Å². The minimum Gasteiger partial charge on any atom is -0.399 e. The topological polar surface area (TPSA) is 26.0 Å². The van der Waals surface area contributed by atoms with Gasteiger partial charge in [0.1, 0.15) is 0 Å². The summed E-state index contributed by atoms with van der Waals surface area (Å²) in [4.78, 5) is 1.18. The molecule has 0 unspecified atom stereocenters. The van der Waals surface area contributed by atoms with Gasteiger partial charge in [-0.25, -0.2) is 0 Å². The van der Waals surface area contributed by atoms with Gasteiger partial charge < -0.3 is 5.73 Å². The number of terminal acetylenes is 1. The first-order valence-corrected chi connectivity index (χ1v) is 5.63. The van der Waals surface area contributed by atoms with Gasteiger partial charge in [-0.15, -0.1) is 24.1 Å². The van der Waals surface area contributed by atoms with E-state index in [1.165, 1.54) is 4.90 Å². The fourth-order valence-corrected chi connectivity index (χ4v) is 2.39. The van der Waals surface area contributed by atoms with Crippen molar-refractivity contribution in [2.45, 2.75) is 11.3 Å². The zero-order chi connectivity index (χ0) is 9.68. The SMILES string of the molecule is C#CCCSc1ccc(N)cc1Br. The molecule has 1 nitrogen and oxygen atoms in total. The quantitative estimate of drug-likeness (QED) is 0.389. The minimum atomic E-state index is 0.771. The zero-order valence-electron chi connectivity index (χ0n) is 7.09. The first-order valence-electron chi connectivity index (χ1n) is 3.85. The van der Waals surface area contributed by atoms with E-state index in [0.29, 0.717) is 0 Å². The maximum absolute atomic E-state index is 5.61. The van der Waals surface area contributed by atoms with E-state index in [4.69, 9.17) is 12.2 Å². The van der Waals surface area contributed by atoms with Gasteiger partial charge >= 0.3 is 0 Å². The first kappa shape index (κ1) is 10.5. The molecule has 0 heterocycles.